The topological polar surface area (TPSA) is 0 Å². The van der Waals surface area contributed by atoms with Crippen LogP contribution in [0, 0.1) is 13.8 Å². The first-order chi connectivity index (χ1) is 12.7. The van der Waals surface area contributed by atoms with Crippen molar-refractivity contribution in [3.05, 3.63) is 130 Å². The third kappa shape index (κ3) is 4.85. The highest BCUT2D eigenvalue weighted by molar-refractivity contribution is 5.79. The van der Waals surface area contributed by atoms with Gasteiger partial charge in [-0.15, -0.1) is 11.5 Å². The molecule has 0 heteroatoms. The summed E-state index contributed by atoms with van der Waals surface area (Å²) in [6, 6.07) is 27.3. The second-order valence-corrected chi connectivity index (χ2v) is 6.31. The Balaban J connectivity index is 1.93. The molecule has 0 saturated carbocycles. The fourth-order valence-electron chi connectivity index (χ4n) is 2.64. The van der Waals surface area contributed by atoms with Gasteiger partial charge in [0, 0.05) is 5.57 Å². The van der Waals surface area contributed by atoms with Gasteiger partial charge in [0.15, 0.2) is 0 Å². The van der Waals surface area contributed by atoms with Crippen molar-refractivity contribution in [2.24, 2.45) is 0 Å². The largest absolute Gasteiger partial charge is 0.120 e. The summed E-state index contributed by atoms with van der Waals surface area (Å²) < 4.78 is 0. The Morgan fingerprint density at radius 1 is 0.654 bits per heavy atom. The van der Waals surface area contributed by atoms with Gasteiger partial charge in [-0.2, -0.15) is 0 Å². The Bertz CT molecular complexity index is 972. The molecule has 26 heavy (non-hydrogen) atoms. The zero-order valence-corrected chi connectivity index (χ0v) is 15.2. The zero-order chi connectivity index (χ0) is 18.2. The first kappa shape index (κ1) is 17.5. The highest BCUT2D eigenvalue weighted by Crippen LogP contribution is 2.22. The quantitative estimate of drug-likeness (QED) is 0.365. The first-order valence-corrected chi connectivity index (χ1v) is 8.79. The average Bonchev–Trinajstić information content (AvgIpc) is 2.68. The summed E-state index contributed by atoms with van der Waals surface area (Å²) in [7, 11) is 0. The van der Waals surface area contributed by atoms with Crippen LogP contribution in [0.3, 0.4) is 0 Å². The maximum absolute atomic E-state index is 3.42. The minimum Gasteiger partial charge on any atom is -0.120 e. The van der Waals surface area contributed by atoms with Gasteiger partial charge in [0.1, 0.15) is 0 Å². The fourth-order valence-corrected chi connectivity index (χ4v) is 2.64. The summed E-state index contributed by atoms with van der Waals surface area (Å²) >= 11 is 0. The fraction of sp³-hybridized carbons (Fsp3) is 0.0769. The summed E-state index contributed by atoms with van der Waals surface area (Å²) in [6.07, 6.45) is 5.80. The molecule has 0 fully saturated rings. The molecule has 0 bridgehead atoms. The number of hydrogen-bond donors (Lipinski definition) is 0. The van der Waals surface area contributed by atoms with E-state index in [2.05, 4.69) is 98.1 Å². The van der Waals surface area contributed by atoms with Gasteiger partial charge in [-0.05, 0) is 48.8 Å². The van der Waals surface area contributed by atoms with Gasteiger partial charge in [0.25, 0.3) is 0 Å². The van der Waals surface area contributed by atoms with Crippen molar-refractivity contribution in [3.8, 4) is 0 Å². The molecule has 3 aromatic rings. The van der Waals surface area contributed by atoms with Gasteiger partial charge in [-0.3, -0.25) is 0 Å². The lowest BCUT2D eigenvalue weighted by molar-refractivity contribution is 1.45. The van der Waals surface area contributed by atoms with Gasteiger partial charge in [-0.1, -0.05) is 90.0 Å². The Morgan fingerprint density at radius 2 is 1.23 bits per heavy atom. The molecule has 0 saturated heterocycles. The van der Waals surface area contributed by atoms with E-state index < -0.39 is 0 Å². The third-order valence-electron chi connectivity index (χ3n) is 4.14. The molecule has 0 aromatic heterocycles. The molecular weight excluding hydrogens is 312 g/mol. The summed E-state index contributed by atoms with van der Waals surface area (Å²) in [5.41, 5.74) is 13.7. The van der Waals surface area contributed by atoms with Crippen LogP contribution in [0.4, 0.5) is 0 Å². The van der Waals surface area contributed by atoms with Crippen molar-refractivity contribution in [2.75, 3.05) is 0 Å². The monoisotopic (exact) mass is 334 g/mol. The van der Waals surface area contributed by atoms with Crippen molar-refractivity contribution >= 4 is 11.6 Å². The minimum absolute atomic E-state index is 1.08. The molecule has 0 radical (unpaired) electrons. The molecule has 0 amide bonds. The Morgan fingerprint density at radius 3 is 1.88 bits per heavy atom. The minimum atomic E-state index is 1.08. The highest BCUT2D eigenvalue weighted by Gasteiger charge is 2.03. The first-order valence-electron chi connectivity index (χ1n) is 8.79. The number of aryl methyl sites for hydroxylation is 2. The smallest absolute Gasteiger partial charge is 0.0309 e. The summed E-state index contributed by atoms with van der Waals surface area (Å²) in [4.78, 5) is 0. The van der Waals surface area contributed by atoms with Crippen LogP contribution >= 0.6 is 0 Å². The van der Waals surface area contributed by atoms with Crippen molar-refractivity contribution < 1.29 is 0 Å². The lowest BCUT2D eigenvalue weighted by atomic mass is 9.98. The SMILES string of the molecule is Cc1ccc(C=C=CC=C=C(c2ccccc2)c2ccc(C)cc2)cc1. The number of hydrogen-bond acceptors (Lipinski definition) is 0. The molecule has 0 atom stereocenters. The van der Waals surface area contributed by atoms with E-state index in [1.807, 2.05) is 24.3 Å². The molecule has 0 spiro atoms. The lowest BCUT2D eigenvalue weighted by Gasteiger charge is -2.06. The van der Waals surface area contributed by atoms with Crippen LogP contribution in [0.2, 0.25) is 0 Å². The van der Waals surface area contributed by atoms with Crippen molar-refractivity contribution in [3.63, 3.8) is 0 Å². The van der Waals surface area contributed by atoms with Gasteiger partial charge in [0.2, 0.25) is 0 Å². The van der Waals surface area contributed by atoms with Crippen LogP contribution in [0.1, 0.15) is 27.8 Å². The number of allylic oxidation sites excluding steroid dienone is 2. The van der Waals surface area contributed by atoms with E-state index in [1.165, 1.54) is 11.1 Å². The average molecular weight is 334 g/mol. The van der Waals surface area contributed by atoms with E-state index in [9.17, 15) is 0 Å². The molecular formula is C26H22. The highest BCUT2D eigenvalue weighted by atomic mass is 14.1. The zero-order valence-electron chi connectivity index (χ0n) is 15.2. The normalized spacial score (nSPS) is 9.62. The maximum Gasteiger partial charge on any atom is 0.0309 e. The van der Waals surface area contributed by atoms with E-state index in [0.717, 1.165) is 22.3 Å². The van der Waals surface area contributed by atoms with Gasteiger partial charge < -0.3 is 0 Å². The second-order valence-electron chi connectivity index (χ2n) is 6.31. The van der Waals surface area contributed by atoms with Crippen LogP contribution < -0.4 is 0 Å². The predicted molar refractivity (Wildman–Crippen MR) is 112 cm³/mol. The summed E-state index contributed by atoms with van der Waals surface area (Å²) in [5, 5.41) is 0. The van der Waals surface area contributed by atoms with E-state index in [-0.39, 0.29) is 0 Å². The van der Waals surface area contributed by atoms with Gasteiger partial charge in [-0.25, -0.2) is 0 Å². The molecule has 0 aliphatic carbocycles. The van der Waals surface area contributed by atoms with E-state index in [1.54, 1.807) is 0 Å². The number of rotatable bonds is 4. The van der Waals surface area contributed by atoms with Crippen LogP contribution in [-0.4, -0.2) is 0 Å². The summed E-state index contributed by atoms with van der Waals surface area (Å²) in [5.74, 6) is 0. The van der Waals surface area contributed by atoms with Crippen LogP contribution in [0.25, 0.3) is 11.6 Å². The molecule has 3 aromatic carbocycles. The van der Waals surface area contributed by atoms with Crippen molar-refractivity contribution in [1.29, 1.82) is 0 Å². The van der Waals surface area contributed by atoms with Crippen LogP contribution in [0.5, 0.6) is 0 Å². The molecule has 0 aliphatic rings. The second kappa shape index (κ2) is 8.70. The Labute approximate surface area is 156 Å². The molecule has 0 nitrogen and oxygen atoms in total. The third-order valence-corrected chi connectivity index (χ3v) is 4.14. The standard InChI is InChI=1S/C26H22/c1-21-13-17-23(18-14-21)9-5-3-8-12-26(24-10-6-4-7-11-24)25-19-15-22(2)16-20-25/h3-4,6-11,13-20H,1-2H3. The summed E-state index contributed by atoms with van der Waals surface area (Å²) in [6.45, 7) is 4.19. The maximum atomic E-state index is 3.42. The molecule has 0 heterocycles. The Hall–Kier alpha value is -3.30. The van der Waals surface area contributed by atoms with E-state index in [0.29, 0.717) is 0 Å². The molecule has 126 valence electrons. The molecule has 0 unspecified atom stereocenters. The van der Waals surface area contributed by atoms with E-state index in [4.69, 9.17) is 0 Å². The molecule has 3 rings (SSSR count). The van der Waals surface area contributed by atoms with Crippen molar-refractivity contribution in [1.82, 2.24) is 0 Å². The molecule has 0 N–H and O–H groups in total. The van der Waals surface area contributed by atoms with Gasteiger partial charge >= 0.3 is 0 Å². The van der Waals surface area contributed by atoms with Crippen LogP contribution in [0.15, 0.2) is 102 Å². The van der Waals surface area contributed by atoms with Gasteiger partial charge in [0.05, 0.1) is 0 Å². The van der Waals surface area contributed by atoms with E-state index >= 15 is 0 Å². The molecule has 0 aliphatic heterocycles. The lowest BCUT2D eigenvalue weighted by Crippen LogP contribution is -1.86. The predicted octanol–water partition coefficient (Wildman–Crippen LogP) is 6.76. The van der Waals surface area contributed by atoms with Crippen molar-refractivity contribution in [2.45, 2.75) is 13.8 Å². The Kier molecular flexibility index (Phi) is 5.86. The number of benzene rings is 3. The van der Waals surface area contributed by atoms with Crippen LogP contribution in [-0.2, 0) is 0 Å².